The molecule has 2 fully saturated rings. The molecule has 33 heavy (non-hydrogen) atoms. The van der Waals surface area contributed by atoms with Crippen molar-refractivity contribution in [1.29, 1.82) is 0 Å². The number of amides is 2. The van der Waals surface area contributed by atoms with Crippen LogP contribution in [-0.4, -0.2) is 61.7 Å². The Morgan fingerprint density at radius 3 is 2.21 bits per heavy atom. The van der Waals surface area contributed by atoms with E-state index in [2.05, 4.69) is 5.32 Å². The summed E-state index contributed by atoms with van der Waals surface area (Å²) in [6, 6.07) is 14.1. The van der Waals surface area contributed by atoms with Gasteiger partial charge in [0.1, 0.15) is 0 Å². The summed E-state index contributed by atoms with van der Waals surface area (Å²) in [5.41, 5.74) is 1.67. The molecule has 0 unspecified atom stereocenters. The molecule has 7 nitrogen and oxygen atoms in total. The second kappa shape index (κ2) is 10.1. The Morgan fingerprint density at radius 2 is 1.55 bits per heavy atom. The Balaban J connectivity index is 1.41. The molecular weight excluding hydrogens is 438 g/mol. The summed E-state index contributed by atoms with van der Waals surface area (Å²) in [6.45, 7) is 3.86. The van der Waals surface area contributed by atoms with E-state index in [1.807, 2.05) is 18.2 Å². The van der Waals surface area contributed by atoms with Gasteiger partial charge in [-0.3, -0.25) is 9.59 Å². The average molecular weight is 470 g/mol. The predicted octanol–water partition coefficient (Wildman–Crippen LogP) is 3.20. The van der Waals surface area contributed by atoms with E-state index in [1.165, 1.54) is 10.4 Å². The van der Waals surface area contributed by atoms with Gasteiger partial charge in [-0.15, -0.1) is 0 Å². The van der Waals surface area contributed by atoms with Gasteiger partial charge >= 0.3 is 0 Å². The number of sulfonamides is 1. The summed E-state index contributed by atoms with van der Waals surface area (Å²) in [5.74, 6) is -0.274. The van der Waals surface area contributed by atoms with Gasteiger partial charge in [0.15, 0.2) is 0 Å². The molecule has 1 N–H and O–H groups in total. The van der Waals surface area contributed by atoms with E-state index in [0.29, 0.717) is 55.7 Å². The van der Waals surface area contributed by atoms with E-state index in [1.54, 1.807) is 36.1 Å². The van der Waals surface area contributed by atoms with E-state index in [4.69, 9.17) is 0 Å². The first kappa shape index (κ1) is 23.4. The molecule has 0 bridgehead atoms. The second-order valence-corrected chi connectivity index (χ2v) is 10.8. The number of benzene rings is 2. The quantitative estimate of drug-likeness (QED) is 0.729. The molecule has 0 atom stereocenters. The number of hydrogen-bond acceptors (Lipinski definition) is 4. The highest BCUT2D eigenvalue weighted by Crippen LogP contribution is 2.25. The average Bonchev–Trinajstić information content (AvgIpc) is 2.85. The highest BCUT2D eigenvalue weighted by Gasteiger charge is 2.30. The number of carbonyl (C=O) groups excluding carboxylic acids is 2. The highest BCUT2D eigenvalue weighted by atomic mass is 32.2. The number of nitrogens with zero attached hydrogens (tertiary/aromatic N) is 2. The molecule has 2 aromatic carbocycles. The van der Waals surface area contributed by atoms with Gasteiger partial charge in [-0.05, 0) is 62.4 Å². The summed E-state index contributed by atoms with van der Waals surface area (Å²) in [6.07, 6.45) is 4.11. The van der Waals surface area contributed by atoms with Crippen LogP contribution in [0.5, 0.6) is 0 Å². The van der Waals surface area contributed by atoms with Gasteiger partial charge in [0.25, 0.3) is 11.8 Å². The van der Waals surface area contributed by atoms with Crippen molar-refractivity contribution in [3.05, 3.63) is 65.2 Å². The smallest absolute Gasteiger partial charge is 0.253 e. The Kier molecular flexibility index (Phi) is 7.14. The normalized spacial score (nSPS) is 18.2. The predicted molar refractivity (Wildman–Crippen MR) is 127 cm³/mol. The fourth-order valence-corrected chi connectivity index (χ4v) is 6.29. The largest absolute Gasteiger partial charge is 0.349 e. The molecule has 2 saturated heterocycles. The van der Waals surface area contributed by atoms with Crippen molar-refractivity contribution >= 4 is 21.8 Å². The molecule has 0 aliphatic carbocycles. The van der Waals surface area contributed by atoms with E-state index in [9.17, 15) is 18.0 Å². The van der Waals surface area contributed by atoms with Crippen LogP contribution in [0, 0.1) is 6.92 Å². The summed E-state index contributed by atoms with van der Waals surface area (Å²) < 4.78 is 27.9. The summed E-state index contributed by atoms with van der Waals surface area (Å²) in [7, 11) is -3.61. The van der Waals surface area contributed by atoms with Crippen LogP contribution in [0.15, 0.2) is 53.4 Å². The van der Waals surface area contributed by atoms with Crippen LogP contribution < -0.4 is 5.32 Å². The Morgan fingerprint density at radius 1 is 0.879 bits per heavy atom. The monoisotopic (exact) mass is 469 g/mol. The molecule has 8 heteroatoms. The van der Waals surface area contributed by atoms with Crippen molar-refractivity contribution in [3.63, 3.8) is 0 Å². The zero-order valence-corrected chi connectivity index (χ0v) is 19.8. The zero-order chi connectivity index (χ0) is 23.4. The van der Waals surface area contributed by atoms with Crippen LogP contribution in [0.25, 0.3) is 0 Å². The van der Waals surface area contributed by atoms with Gasteiger partial charge in [0.2, 0.25) is 10.0 Å². The van der Waals surface area contributed by atoms with Crippen molar-refractivity contribution in [1.82, 2.24) is 14.5 Å². The molecule has 4 rings (SSSR count). The minimum Gasteiger partial charge on any atom is -0.349 e. The van der Waals surface area contributed by atoms with Gasteiger partial charge < -0.3 is 10.2 Å². The molecule has 0 spiro atoms. The fraction of sp³-hybridized carbons (Fsp3) is 0.440. The Labute approximate surface area is 195 Å². The van der Waals surface area contributed by atoms with Crippen LogP contribution in [0.4, 0.5) is 0 Å². The first-order valence-corrected chi connectivity index (χ1v) is 13.1. The second-order valence-electron chi connectivity index (χ2n) is 8.85. The molecule has 0 radical (unpaired) electrons. The number of carbonyl (C=O) groups is 2. The van der Waals surface area contributed by atoms with Crippen molar-refractivity contribution in [2.24, 2.45) is 0 Å². The summed E-state index contributed by atoms with van der Waals surface area (Å²) in [4.78, 5) is 27.5. The maximum Gasteiger partial charge on any atom is 0.253 e. The molecule has 176 valence electrons. The Bertz CT molecular complexity index is 1100. The van der Waals surface area contributed by atoms with Crippen molar-refractivity contribution < 1.29 is 18.0 Å². The third-order valence-corrected chi connectivity index (χ3v) is 8.56. The van der Waals surface area contributed by atoms with Crippen LogP contribution in [0.3, 0.4) is 0 Å². The number of likely N-dealkylation sites (tertiary alicyclic amines) is 1. The molecule has 2 heterocycles. The fourth-order valence-electron chi connectivity index (χ4n) is 4.52. The first-order valence-electron chi connectivity index (χ1n) is 11.6. The lowest BCUT2D eigenvalue weighted by atomic mass is 10.0. The van der Waals surface area contributed by atoms with Gasteiger partial charge in [-0.2, -0.15) is 4.31 Å². The number of piperidine rings is 2. The van der Waals surface area contributed by atoms with Gasteiger partial charge in [-0.1, -0.05) is 30.7 Å². The van der Waals surface area contributed by atoms with Crippen molar-refractivity contribution in [3.8, 4) is 0 Å². The standard InChI is InChI=1S/C25H31N3O4S/c1-19-10-11-21(18-23(19)33(31,32)28-14-6-3-7-15-28)25(30)27-16-12-22(13-17-27)26-24(29)20-8-4-2-5-9-20/h2,4-5,8-11,18,22H,3,6-7,12-17H2,1H3,(H,26,29). The van der Waals surface area contributed by atoms with E-state index in [-0.39, 0.29) is 22.8 Å². The number of aryl methyl sites for hydroxylation is 1. The molecule has 0 saturated carbocycles. The van der Waals surface area contributed by atoms with Crippen molar-refractivity contribution in [2.75, 3.05) is 26.2 Å². The first-order chi connectivity index (χ1) is 15.9. The van der Waals surface area contributed by atoms with E-state index >= 15 is 0 Å². The van der Waals surface area contributed by atoms with Gasteiger partial charge in [0, 0.05) is 43.3 Å². The molecule has 2 aliphatic rings. The topological polar surface area (TPSA) is 86.8 Å². The minimum absolute atomic E-state index is 0.00909. The van der Waals surface area contributed by atoms with Crippen LogP contribution in [-0.2, 0) is 10.0 Å². The molecule has 2 aliphatic heterocycles. The van der Waals surface area contributed by atoms with E-state index < -0.39 is 10.0 Å². The number of nitrogens with one attached hydrogen (secondary N) is 1. The summed E-state index contributed by atoms with van der Waals surface area (Å²) >= 11 is 0. The van der Waals surface area contributed by atoms with Crippen LogP contribution in [0.1, 0.15) is 58.4 Å². The molecule has 2 aromatic rings. The maximum absolute atomic E-state index is 13.2. The minimum atomic E-state index is -3.61. The third-order valence-electron chi connectivity index (χ3n) is 6.52. The van der Waals surface area contributed by atoms with E-state index in [0.717, 1.165) is 19.3 Å². The zero-order valence-electron chi connectivity index (χ0n) is 19.0. The third kappa shape index (κ3) is 5.28. The van der Waals surface area contributed by atoms with Crippen LogP contribution in [0.2, 0.25) is 0 Å². The molecule has 2 amide bonds. The summed E-state index contributed by atoms with van der Waals surface area (Å²) in [5, 5.41) is 3.05. The molecular formula is C25H31N3O4S. The van der Waals surface area contributed by atoms with Gasteiger partial charge in [-0.25, -0.2) is 8.42 Å². The highest BCUT2D eigenvalue weighted by molar-refractivity contribution is 7.89. The lowest BCUT2D eigenvalue weighted by molar-refractivity contribution is 0.0698. The number of hydrogen-bond donors (Lipinski definition) is 1. The van der Waals surface area contributed by atoms with Crippen LogP contribution >= 0.6 is 0 Å². The maximum atomic E-state index is 13.2. The van der Waals surface area contributed by atoms with Gasteiger partial charge in [0.05, 0.1) is 4.90 Å². The number of rotatable bonds is 5. The SMILES string of the molecule is Cc1ccc(C(=O)N2CCC(NC(=O)c3ccccc3)CC2)cc1S(=O)(=O)N1CCCCC1. The lowest BCUT2D eigenvalue weighted by Gasteiger charge is -2.32. The Hall–Kier alpha value is -2.71. The molecule has 0 aromatic heterocycles. The lowest BCUT2D eigenvalue weighted by Crippen LogP contribution is -2.46. The van der Waals surface area contributed by atoms with Crippen molar-refractivity contribution in [2.45, 2.75) is 50.0 Å².